The number of nitrogens with two attached hydrogens (primary N) is 1. The number of aromatic nitrogens is 1. The number of carboxylic acid groups (broad SMARTS) is 1. The zero-order valence-electron chi connectivity index (χ0n) is 11.0. The van der Waals surface area contributed by atoms with Crippen LogP contribution in [0.1, 0.15) is 34.0 Å². The zero-order valence-corrected chi connectivity index (χ0v) is 11.8. The van der Waals surface area contributed by atoms with Gasteiger partial charge in [-0.2, -0.15) is 0 Å². The molecular weight excluding hydrogens is 281 g/mol. The van der Waals surface area contributed by atoms with Crippen molar-refractivity contribution in [3.63, 3.8) is 0 Å². The maximum atomic E-state index is 13.6. The summed E-state index contributed by atoms with van der Waals surface area (Å²) in [5.41, 5.74) is 6.77. The van der Waals surface area contributed by atoms with Crippen molar-refractivity contribution in [3.8, 4) is 0 Å². The lowest BCUT2D eigenvalue weighted by Gasteiger charge is -2.15. The molecule has 5 nitrogen and oxygen atoms in total. The topological polar surface area (TPSA) is 88.2 Å². The van der Waals surface area contributed by atoms with Gasteiger partial charge in [0.1, 0.15) is 10.8 Å². The van der Waals surface area contributed by atoms with Gasteiger partial charge in [0.15, 0.2) is 0 Å². The van der Waals surface area contributed by atoms with E-state index in [4.69, 9.17) is 10.8 Å². The van der Waals surface area contributed by atoms with Crippen molar-refractivity contribution in [2.45, 2.75) is 19.9 Å². The molecule has 0 aliphatic heterocycles. The Balaban J connectivity index is 2.25. The number of aromatic carboxylic acids is 1. The SMILES string of the molecule is Cc1csc(C(C)Nc2cc(F)c(C(=O)O)cc2N)n1. The predicted molar refractivity (Wildman–Crippen MR) is 76.7 cm³/mol. The molecular formula is C13H14FN3O2S. The number of nitrogens with one attached hydrogen (secondary N) is 1. The van der Waals surface area contributed by atoms with Crippen molar-refractivity contribution >= 4 is 28.7 Å². The highest BCUT2D eigenvalue weighted by molar-refractivity contribution is 7.09. The molecule has 2 rings (SSSR count). The second-order valence-corrected chi connectivity index (χ2v) is 5.31. The van der Waals surface area contributed by atoms with E-state index in [0.29, 0.717) is 5.69 Å². The normalized spacial score (nSPS) is 12.2. The van der Waals surface area contributed by atoms with E-state index >= 15 is 0 Å². The van der Waals surface area contributed by atoms with Crippen LogP contribution in [0.2, 0.25) is 0 Å². The number of carbonyl (C=O) groups is 1. The Morgan fingerprint density at radius 2 is 2.25 bits per heavy atom. The summed E-state index contributed by atoms with van der Waals surface area (Å²) in [5.74, 6) is -2.17. The molecule has 1 heterocycles. The first-order chi connectivity index (χ1) is 9.38. The van der Waals surface area contributed by atoms with Crippen molar-refractivity contribution in [3.05, 3.63) is 39.6 Å². The van der Waals surface area contributed by atoms with Gasteiger partial charge in [-0.25, -0.2) is 14.2 Å². The molecule has 0 spiro atoms. The van der Waals surface area contributed by atoms with Gasteiger partial charge in [-0.15, -0.1) is 11.3 Å². The van der Waals surface area contributed by atoms with Crippen molar-refractivity contribution < 1.29 is 14.3 Å². The Morgan fingerprint density at radius 3 is 2.80 bits per heavy atom. The fraction of sp³-hybridized carbons (Fsp3) is 0.231. The standard InChI is InChI=1S/C13H14FN3O2S/c1-6-5-20-12(16-6)7(2)17-11-4-9(14)8(13(18)19)3-10(11)15/h3-5,7,17H,15H2,1-2H3,(H,18,19). The Labute approximate surface area is 119 Å². The van der Waals surface area contributed by atoms with Gasteiger partial charge in [-0.1, -0.05) is 0 Å². The summed E-state index contributed by atoms with van der Waals surface area (Å²) in [6.07, 6.45) is 0. The number of rotatable bonds is 4. The van der Waals surface area contributed by atoms with E-state index in [9.17, 15) is 9.18 Å². The molecule has 1 aromatic heterocycles. The van der Waals surface area contributed by atoms with Crippen molar-refractivity contribution in [2.24, 2.45) is 0 Å². The lowest BCUT2D eigenvalue weighted by molar-refractivity contribution is 0.0692. The summed E-state index contributed by atoms with van der Waals surface area (Å²) in [6, 6.07) is 2.06. The third-order valence-electron chi connectivity index (χ3n) is 2.75. The minimum Gasteiger partial charge on any atom is -0.478 e. The first-order valence-electron chi connectivity index (χ1n) is 5.89. The molecule has 2 aromatic rings. The van der Waals surface area contributed by atoms with Crippen LogP contribution in [-0.4, -0.2) is 16.1 Å². The van der Waals surface area contributed by atoms with Crippen molar-refractivity contribution in [1.29, 1.82) is 0 Å². The van der Waals surface area contributed by atoms with Crippen molar-refractivity contribution in [2.75, 3.05) is 11.1 Å². The maximum absolute atomic E-state index is 13.6. The summed E-state index contributed by atoms with van der Waals surface area (Å²) in [4.78, 5) is 15.1. The second kappa shape index (κ2) is 5.46. The molecule has 0 aliphatic carbocycles. The lowest BCUT2D eigenvalue weighted by Crippen LogP contribution is -2.10. The largest absolute Gasteiger partial charge is 0.478 e. The summed E-state index contributed by atoms with van der Waals surface area (Å²) in [5, 5.41) is 14.6. The van der Waals surface area contributed by atoms with Gasteiger partial charge in [0.05, 0.1) is 23.0 Å². The maximum Gasteiger partial charge on any atom is 0.338 e. The number of hydrogen-bond acceptors (Lipinski definition) is 5. The fourth-order valence-corrected chi connectivity index (χ4v) is 2.55. The van der Waals surface area contributed by atoms with E-state index in [1.165, 1.54) is 11.3 Å². The Kier molecular flexibility index (Phi) is 3.89. The van der Waals surface area contributed by atoms with Crippen LogP contribution in [0.15, 0.2) is 17.5 Å². The average molecular weight is 295 g/mol. The summed E-state index contributed by atoms with van der Waals surface area (Å²) in [7, 11) is 0. The third-order valence-corrected chi connectivity index (χ3v) is 3.89. The van der Waals surface area contributed by atoms with Gasteiger partial charge in [0, 0.05) is 11.1 Å². The van der Waals surface area contributed by atoms with Gasteiger partial charge < -0.3 is 16.2 Å². The lowest BCUT2D eigenvalue weighted by atomic mass is 10.1. The van der Waals surface area contributed by atoms with E-state index < -0.39 is 17.3 Å². The summed E-state index contributed by atoms with van der Waals surface area (Å²) in [6.45, 7) is 3.77. The van der Waals surface area contributed by atoms with Crippen LogP contribution in [0.4, 0.5) is 15.8 Å². The van der Waals surface area contributed by atoms with E-state index in [1.807, 2.05) is 19.2 Å². The monoisotopic (exact) mass is 295 g/mol. The number of carboxylic acids is 1. The highest BCUT2D eigenvalue weighted by atomic mass is 32.1. The van der Waals surface area contributed by atoms with Crippen LogP contribution in [0.3, 0.4) is 0 Å². The highest BCUT2D eigenvalue weighted by Gasteiger charge is 2.16. The molecule has 0 radical (unpaired) electrons. The Morgan fingerprint density at radius 1 is 1.55 bits per heavy atom. The highest BCUT2D eigenvalue weighted by Crippen LogP contribution is 2.28. The number of halogens is 1. The van der Waals surface area contributed by atoms with Gasteiger partial charge >= 0.3 is 5.97 Å². The predicted octanol–water partition coefficient (Wildman–Crippen LogP) is 3.04. The van der Waals surface area contributed by atoms with Gasteiger partial charge in [-0.3, -0.25) is 0 Å². The molecule has 0 saturated carbocycles. The molecule has 4 N–H and O–H groups in total. The van der Waals surface area contributed by atoms with Crippen LogP contribution in [0.5, 0.6) is 0 Å². The van der Waals surface area contributed by atoms with E-state index in [1.54, 1.807) is 0 Å². The zero-order chi connectivity index (χ0) is 14.9. The number of benzene rings is 1. The first-order valence-corrected chi connectivity index (χ1v) is 6.77. The van der Waals surface area contributed by atoms with Crippen molar-refractivity contribution in [1.82, 2.24) is 4.98 Å². The molecule has 0 aliphatic rings. The van der Waals surface area contributed by atoms with Gasteiger partial charge in [-0.05, 0) is 26.0 Å². The Hall–Kier alpha value is -2.15. The number of aryl methyl sites for hydroxylation is 1. The molecule has 106 valence electrons. The molecule has 7 heteroatoms. The quantitative estimate of drug-likeness (QED) is 0.754. The molecule has 0 amide bonds. The minimum atomic E-state index is -1.34. The number of thiazole rings is 1. The van der Waals surface area contributed by atoms with E-state index in [0.717, 1.165) is 22.8 Å². The van der Waals surface area contributed by atoms with Crippen LogP contribution in [-0.2, 0) is 0 Å². The van der Waals surface area contributed by atoms with Crippen LogP contribution < -0.4 is 11.1 Å². The number of nitrogen functional groups attached to an aromatic ring is 1. The molecule has 20 heavy (non-hydrogen) atoms. The Bertz CT molecular complexity index is 657. The van der Waals surface area contributed by atoms with Crippen LogP contribution in [0.25, 0.3) is 0 Å². The summed E-state index contributed by atoms with van der Waals surface area (Å²) >= 11 is 1.49. The summed E-state index contributed by atoms with van der Waals surface area (Å²) < 4.78 is 13.6. The smallest absolute Gasteiger partial charge is 0.338 e. The van der Waals surface area contributed by atoms with E-state index in [2.05, 4.69) is 10.3 Å². The number of nitrogens with zero attached hydrogens (tertiary/aromatic N) is 1. The number of hydrogen-bond donors (Lipinski definition) is 3. The first kappa shape index (κ1) is 14.3. The molecule has 0 fully saturated rings. The molecule has 1 unspecified atom stereocenters. The minimum absolute atomic E-state index is 0.147. The van der Waals surface area contributed by atoms with Gasteiger partial charge in [0.25, 0.3) is 0 Å². The molecule has 1 atom stereocenters. The second-order valence-electron chi connectivity index (χ2n) is 4.42. The molecule has 0 saturated heterocycles. The van der Waals surface area contributed by atoms with Gasteiger partial charge in [0.2, 0.25) is 0 Å². The van der Waals surface area contributed by atoms with Crippen LogP contribution >= 0.6 is 11.3 Å². The fourth-order valence-electron chi connectivity index (χ4n) is 1.74. The molecule has 0 bridgehead atoms. The average Bonchev–Trinajstić information content (AvgIpc) is 2.79. The molecule has 1 aromatic carbocycles. The van der Waals surface area contributed by atoms with E-state index in [-0.39, 0.29) is 11.7 Å². The van der Waals surface area contributed by atoms with Crippen LogP contribution in [0, 0.1) is 12.7 Å². The number of anilines is 2. The third kappa shape index (κ3) is 2.88.